The number of carbonyl (C=O) groups is 1. The smallest absolute Gasteiger partial charge is 0.253 e. The highest BCUT2D eigenvalue weighted by Gasteiger charge is 2.31. The molecule has 0 bridgehead atoms. The summed E-state index contributed by atoms with van der Waals surface area (Å²) in [5.41, 5.74) is 0.680. The van der Waals surface area contributed by atoms with Gasteiger partial charge in [-0.3, -0.25) is 4.79 Å². The number of hydrogen-bond acceptors (Lipinski definition) is 6. The first kappa shape index (κ1) is 16.6. The Bertz CT molecular complexity index is 723. The number of amides is 1. The third-order valence-corrected chi connectivity index (χ3v) is 4.35. The quantitative estimate of drug-likeness (QED) is 0.671. The summed E-state index contributed by atoms with van der Waals surface area (Å²) < 4.78 is 53.9. The van der Waals surface area contributed by atoms with E-state index in [9.17, 15) is 22.4 Å². The normalized spacial score (nSPS) is 15.6. The topological polar surface area (TPSA) is 71.0 Å². The molecular weight excluding hydrogens is 350 g/mol. The highest BCUT2D eigenvalue weighted by molar-refractivity contribution is 7.13. The Morgan fingerprint density at radius 2 is 1.79 bits per heavy atom. The van der Waals surface area contributed by atoms with Crippen LogP contribution in [-0.4, -0.2) is 34.2 Å². The summed E-state index contributed by atoms with van der Waals surface area (Å²) in [5, 5.41) is 10.2. The van der Waals surface area contributed by atoms with Crippen molar-refractivity contribution in [1.29, 1.82) is 0 Å². The van der Waals surface area contributed by atoms with E-state index in [0.717, 1.165) is 0 Å². The van der Waals surface area contributed by atoms with E-state index in [0.29, 0.717) is 5.13 Å². The predicted molar refractivity (Wildman–Crippen MR) is 77.5 cm³/mol. The van der Waals surface area contributed by atoms with Gasteiger partial charge in [-0.25, -0.2) is 0 Å². The number of aromatic nitrogens is 3. The van der Waals surface area contributed by atoms with Gasteiger partial charge in [-0.2, -0.15) is 22.5 Å². The fourth-order valence-corrected chi connectivity index (χ4v) is 3.00. The zero-order valence-electron chi connectivity index (χ0n) is 12.1. The Labute approximate surface area is 137 Å². The summed E-state index contributed by atoms with van der Waals surface area (Å²) in [7, 11) is 0. The molecule has 2 aromatic heterocycles. The fourth-order valence-electron chi connectivity index (χ4n) is 2.55. The first-order chi connectivity index (χ1) is 11.5. The van der Waals surface area contributed by atoms with Gasteiger partial charge >= 0.3 is 0 Å². The number of nitrogens with one attached hydrogen (secondary N) is 1. The first-order valence-corrected chi connectivity index (χ1v) is 7.87. The van der Waals surface area contributed by atoms with Crippen LogP contribution in [0.1, 0.15) is 12.8 Å². The maximum absolute atomic E-state index is 13.8. The Balaban J connectivity index is 1.68. The minimum absolute atomic E-state index is 0.0743. The molecule has 3 heterocycles. The molecule has 11 heteroatoms. The van der Waals surface area contributed by atoms with Crippen LogP contribution >= 0.6 is 11.3 Å². The van der Waals surface area contributed by atoms with Gasteiger partial charge in [-0.05, 0) is 12.8 Å². The minimum atomic E-state index is -1.69. The molecule has 1 N–H and O–H groups in total. The van der Waals surface area contributed by atoms with E-state index in [1.54, 1.807) is 0 Å². The van der Waals surface area contributed by atoms with Crippen LogP contribution in [0.15, 0.2) is 5.51 Å². The lowest BCUT2D eigenvalue weighted by molar-refractivity contribution is -0.120. The van der Waals surface area contributed by atoms with E-state index in [4.69, 9.17) is 0 Å². The van der Waals surface area contributed by atoms with E-state index in [1.165, 1.54) is 21.7 Å². The fraction of sp³-hybridized carbons (Fsp3) is 0.385. The van der Waals surface area contributed by atoms with Gasteiger partial charge < -0.3 is 10.2 Å². The minimum Gasteiger partial charge on any atom is -0.366 e. The number of pyridine rings is 1. The molecule has 1 saturated heterocycles. The number of hydrogen-bond donors (Lipinski definition) is 1. The molecule has 1 aliphatic heterocycles. The maximum atomic E-state index is 13.8. The molecule has 2 aromatic rings. The second-order valence-corrected chi connectivity index (χ2v) is 6.00. The molecule has 0 saturated carbocycles. The van der Waals surface area contributed by atoms with Gasteiger partial charge in [-0.1, -0.05) is 11.3 Å². The summed E-state index contributed by atoms with van der Waals surface area (Å²) >= 11 is 1.17. The monoisotopic (exact) mass is 361 g/mol. The van der Waals surface area contributed by atoms with E-state index >= 15 is 0 Å². The SMILES string of the molecule is O=C(Nc1nncs1)C1CCN(c2c(F)c(F)nc(F)c2F)CC1. The van der Waals surface area contributed by atoms with Gasteiger partial charge in [-0.15, -0.1) is 10.2 Å². The number of anilines is 2. The van der Waals surface area contributed by atoms with Gasteiger partial charge in [0.05, 0.1) is 0 Å². The number of piperidine rings is 1. The van der Waals surface area contributed by atoms with Crippen molar-refractivity contribution in [3.63, 3.8) is 0 Å². The molecule has 1 amide bonds. The van der Waals surface area contributed by atoms with Crippen molar-refractivity contribution in [2.75, 3.05) is 23.3 Å². The van der Waals surface area contributed by atoms with Crippen LogP contribution in [-0.2, 0) is 4.79 Å². The van der Waals surface area contributed by atoms with E-state index < -0.39 is 35.1 Å². The summed E-state index contributed by atoms with van der Waals surface area (Å²) in [5.74, 6) is -7.14. The summed E-state index contributed by atoms with van der Waals surface area (Å²) in [6.45, 7) is 0.149. The molecule has 1 aliphatic rings. The molecular formula is C13H11F4N5OS. The average molecular weight is 361 g/mol. The average Bonchev–Trinajstić information content (AvgIpc) is 3.07. The molecule has 0 unspecified atom stereocenters. The van der Waals surface area contributed by atoms with Crippen LogP contribution in [0.3, 0.4) is 0 Å². The molecule has 0 atom stereocenters. The number of rotatable bonds is 3. The van der Waals surface area contributed by atoms with Gasteiger partial charge in [0.15, 0.2) is 0 Å². The highest BCUT2D eigenvalue weighted by atomic mass is 32.1. The molecule has 24 heavy (non-hydrogen) atoms. The lowest BCUT2D eigenvalue weighted by Gasteiger charge is -2.33. The van der Waals surface area contributed by atoms with Crippen LogP contribution in [0.2, 0.25) is 0 Å². The third-order valence-electron chi connectivity index (χ3n) is 3.75. The van der Waals surface area contributed by atoms with Crippen molar-refractivity contribution in [3.8, 4) is 0 Å². The van der Waals surface area contributed by atoms with E-state index in [-0.39, 0.29) is 31.8 Å². The van der Waals surface area contributed by atoms with Crippen LogP contribution in [0, 0.1) is 29.4 Å². The molecule has 6 nitrogen and oxygen atoms in total. The molecule has 1 fully saturated rings. The molecule has 0 spiro atoms. The summed E-state index contributed by atoms with van der Waals surface area (Å²) in [4.78, 5) is 15.8. The Kier molecular flexibility index (Phi) is 4.60. The van der Waals surface area contributed by atoms with E-state index in [1.807, 2.05) is 0 Å². The largest absolute Gasteiger partial charge is 0.366 e. The molecule has 0 aliphatic carbocycles. The lowest BCUT2D eigenvalue weighted by atomic mass is 9.95. The number of nitrogens with zero attached hydrogens (tertiary/aromatic N) is 4. The summed E-state index contributed by atoms with van der Waals surface area (Å²) in [6.07, 6.45) is 0.546. The number of carbonyl (C=O) groups excluding carboxylic acids is 1. The van der Waals surface area contributed by atoms with Crippen molar-refractivity contribution in [2.24, 2.45) is 5.92 Å². The van der Waals surface area contributed by atoms with Crippen molar-refractivity contribution in [3.05, 3.63) is 29.0 Å². The molecule has 0 radical (unpaired) electrons. The van der Waals surface area contributed by atoms with Crippen molar-refractivity contribution in [2.45, 2.75) is 12.8 Å². The number of halogens is 4. The van der Waals surface area contributed by atoms with E-state index in [2.05, 4.69) is 20.5 Å². The standard InChI is InChI=1S/C13H11F4N5OS/c14-7-9(8(15)11(17)19-10(7)16)22-3-1-6(2-4-22)12(23)20-13-21-18-5-24-13/h5-6H,1-4H2,(H,20,21,23). The summed E-state index contributed by atoms with van der Waals surface area (Å²) in [6, 6.07) is 0. The second kappa shape index (κ2) is 6.67. The van der Waals surface area contributed by atoms with Crippen LogP contribution in [0.4, 0.5) is 28.4 Å². The third kappa shape index (κ3) is 3.16. The highest BCUT2D eigenvalue weighted by Crippen LogP contribution is 2.30. The zero-order chi connectivity index (χ0) is 17.3. The van der Waals surface area contributed by atoms with Crippen molar-refractivity contribution >= 4 is 28.1 Å². The van der Waals surface area contributed by atoms with Gasteiger partial charge in [0.2, 0.25) is 22.7 Å². The van der Waals surface area contributed by atoms with Gasteiger partial charge in [0.1, 0.15) is 11.2 Å². The van der Waals surface area contributed by atoms with Crippen molar-refractivity contribution < 1.29 is 22.4 Å². The molecule has 128 valence electrons. The van der Waals surface area contributed by atoms with Gasteiger partial charge in [0, 0.05) is 19.0 Å². The van der Waals surface area contributed by atoms with Crippen LogP contribution < -0.4 is 10.2 Å². The Morgan fingerprint density at radius 3 is 2.33 bits per heavy atom. The van der Waals surface area contributed by atoms with Crippen molar-refractivity contribution in [1.82, 2.24) is 15.2 Å². The Morgan fingerprint density at radius 1 is 1.17 bits per heavy atom. The predicted octanol–water partition coefficient (Wildman–Crippen LogP) is 2.34. The molecule has 3 rings (SSSR count). The Hall–Kier alpha value is -2.30. The van der Waals surface area contributed by atoms with Crippen LogP contribution in [0.25, 0.3) is 0 Å². The van der Waals surface area contributed by atoms with Crippen LogP contribution in [0.5, 0.6) is 0 Å². The molecule has 0 aromatic carbocycles. The maximum Gasteiger partial charge on any atom is 0.253 e. The van der Waals surface area contributed by atoms with Gasteiger partial charge in [0.25, 0.3) is 11.9 Å². The zero-order valence-corrected chi connectivity index (χ0v) is 12.9. The second-order valence-electron chi connectivity index (χ2n) is 5.16. The first-order valence-electron chi connectivity index (χ1n) is 6.99. The lowest BCUT2D eigenvalue weighted by Crippen LogP contribution is -2.39.